The van der Waals surface area contributed by atoms with E-state index < -0.39 is 23.4 Å². The van der Waals surface area contributed by atoms with Crippen molar-refractivity contribution in [2.45, 2.75) is 12.5 Å². The molecule has 1 aliphatic heterocycles. The number of rotatable bonds is 3. The summed E-state index contributed by atoms with van der Waals surface area (Å²) < 4.78 is 0. The summed E-state index contributed by atoms with van der Waals surface area (Å²) in [5.74, 6) is -0.898. The van der Waals surface area contributed by atoms with E-state index in [4.69, 9.17) is 23.2 Å². The largest absolute Gasteiger partial charge is 0.340 e. The zero-order valence-electron chi connectivity index (χ0n) is 12.4. The van der Waals surface area contributed by atoms with E-state index in [0.29, 0.717) is 11.3 Å². The molecule has 1 aromatic carbocycles. The van der Waals surface area contributed by atoms with Crippen molar-refractivity contribution in [3.8, 4) is 0 Å². The molecule has 0 radical (unpaired) electrons. The molecule has 1 aliphatic rings. The Morgan fingerprint density at radius 3 is 2.54 bits per heavy atom. The van der Waals surface area contributed by atoms with E-state index in [-0.39, 0.29) is 15.9 Å². The molecular formula is C15H12Cl2N4O3. The summed E-state index contributed by atoms with van der Waals surface area (Å²) in [5.41, 5.74) is -0.00843. The summed E-state index contributed by atoms with van der Waals surface area (Å²) in [4.78, 5) is 38.2. The number of hydrogen-bond donors (Lipinski definition) is 4. The van der Waals surface area contributed by atoms with Crippen LogP contribution in [0.25, 0.3) is 0 Å². The maximum Gasteiger partial charge on any atom is 0.322 e. The second-order valence-electron chi connectivity index (χ2n) is 5.41. The summed E-state index contributed by atoms with van der Waals surface area (Å²) in [7, 11) is 0. The van der Waals surface area contributed by atoms with Crippen molar-refractivity contribution in [3.63, 3.8) is 0 Å². The number of halogens is 2. The van der Waals surface area contributed by atoms with Gasteiger partial charge in [-0.1, -0.05) is 35.3 Å². The van der Waals surface area contributed by atoms with Crippen LogP contribution in [-0.4, -0.2) is 22.8 Å². The second kappa shape index (κ2) is 5.85. The first-order valence-electron chi connectivity index (χ1n) is 6.89. The SMILES string of the molecule is CC1(c2cccc(NC(=O)c3cc(Cl)c(Cl)[nH]3)c2)NC(=O)NC1=O. The topological polar surface area (TPSA) is 103 Å². The molecule has 1 unspecified atom stereocenters. The third kappa shape index (κ3) is 2.83. The predicted octanol–water partition coefficient (Wildman–Crippen LogP) is 2.63. The lowest BCUT2D eigenvalue weighted by atomic mass is 9.92. The molecular weight excluding hydrogens is 355 g/mol. The van der Waals surface area contributed by atoms with E-state index in [0.717, 1.165) is 0 Å². The van der Waals surface area contributed by atoms with Crippen LogP contribution < -0.4 is 16.0 Å². The summed E-state index contributed by atoms with van der Waals surface area (Å²) in [6, 6.07) is 7.47. The molecule has 1 saturated heterocycles. The third-order valence-corrected chi connectivity index (χ3v) is 4.41. The third-order valence-electron chi connectivity index (χ3n) is 3.71. The number of imide groups is 1. The fraction of sp³-hybridized carbons (Fsp3) is 0.133. The van der Waals surface area contributed by atoms with Crippen molar-refractivity contribution in [2.24, 2.45) is 0 Å². The van der Waals surface area contributed by atoms with Gasteiger partial charge in [-0.2, -0.15) is 0 Å². The molecule has 4 amide bonds. The van der Waals surface area contributed by atoms with Gasteiger partial charge >= 0.3 is 6.03 Å². The average Bonchev–Trinajstić information content (AvgIpc) is 2.99. The fourth-order valence-electron chi connectivity index (χ4n) is 2.38. The van der Waals surface area contributed by atoms with Crippen molar-refractivity contribution in [2.75, 3.05) is 5.32 Å². The minimum absolute atomic E-state index is 0.174. The first kappa shape index (κ1) is 16.4. The molecule has 0 bridgehead atoms. The highest BCUT2D eigenvalue weighted by atomic mass is 35.5. The van der Waals surface area contributed by atoms with Crippen LogP contribution in [0.2, 0.25) is 10.2 Å². The van der Waals surface area contributed by atoms with E-state index in [9.17, 15) is 14.4 Å². The molecule has 24 heavy (non-hydrogen) atoms. The van der Waals surface area contributed by atoms with Crippen molar-refractivity contribution in [3.05, 3.63) is 51.8 Å². The molecule has 7 nitrogen and oxygen atoms in total. The van der Waals surface area contributed by atoms with Gasteiger partial charge in [0.15, 0.2) is 0 Å². The molecule has 1 fully saturated rings. The molecule has 9 heteroatoms. The minimum Gasteiger partial charge on any atom is -0.340 e. The van der Waals surface area contributed by atoms with Crippen molar-refractivity contribution in [1.29, 1.82) is 0 Å². The van der Waals surface area contributed by atoms with Crippen LogP contribution in [0.5, 0.6) is 0 Å². The Morgan fingerprint density at radius 2 is 1.96 bits per heavy atom. The van der Waals surface area contributed by atoms with Crippen LogP contribution in [0.4, 0.5) is 10.5 Å². The van der Waals surface area contributed by atoms with Gasteiger partial charge in [-0.3, -0.25) is 14.9 Å². The van der Waals surface area contributed by atoms with Crippen LogP contribution in [-0.2, 0) is 10.3 Å². The van der Waals surface area contributed by atoms with E-state index in [1.54, 1.807) is 31.2 Å². The normalized spacial score (nSPS) is 19.8. The smallest absolute Gasteiger partial charge is 0.322 e. The number of benzene rings is 1. The molecule has 1 atom stereocenters. The molecule has 124 valence electrons. The first-order chi connectivity index (χ1) is 11.3. The number of carbonyl (C=O) groups is 3. The molecule has 1 aromatic heterocycles. The van der Waals surface area contributed by atoms with Gasteiger partial charge in [-0.25, -0.2) is 4.79 Å². The number of hydrogen-bond acceptors (Lipinski definition) is 3. The number of nitrogens with one attached hydrogen (secondary N) is 4. The van der Waals surface area contributed by atoms with Crippen LogP contribution in [0.15, 0.2) is 30.3 Å². The van der Waals surface area contributed by atoms with E-state index in [1.807, 2.05) is 0 Å². The Hall–Kier alpha value is -2.51. The number of urea groups is 1. The van der Waals surface area contributed by atoms with Crippen LogP contribution in [0.1, 0.15) is 23.0 Å². The Morgan fingerprint density at radius 1 is 1.21 bits per heavy atom. The van der Waals surface area contributed by atoms with Gasteiger partial charge in [0.1, 0.15) is 16.4 Å². The van der Waals surface area contributed by atoms with Crippen molar-refractivity contribution < 1.29 is 14.4 Å². The Kier molecular flexibility index (Phi) is 3.98. The lowest BCUT2D eigenvalue weighted by Gasteiger charge is -2.21. The van der Waals surface area contributed by atoms with Crippen molar-refractivity contribution in [1.82, 2.24) is 15.6 Å². The van der Waals surface area contributed by atoms with E-state index in [1.165, 1.54) is 6.07 Å². The molecule has 3 rings (SSSR count). The molecule has 4 N–H and O–H groups in total. The maximum atomic E-state index is 12.2. The predicted molar refractivity (Wildman–Crippen MR) is 89.2 cm³/mol. The van der Waals surface area contributed by atoms with Gasteiger partial charge in [0.2, 0.25) is 0 Å². The molecule has 0 aliphatic carbocycles. The fourth-order valence-corrected chi connectivity index (χ4v) is 2.69. The van der Waals surface area contributed by atoms with Crippen molar-refractivity contribution >= 4 is 46.7 Å². The highest BCUT2D eigenvalue weighted by Crippen LogP contribution is 2.27. The number of amides is 4. The number of aromatic nitrogens is 1. The van der Waals surface area contributed by atoms with Crippen LogP contribution in [0, 0.1) is 0 Å². The lowest BCUT2D eigenvalue weighted by Crippen LogP contribution is -2.40. The number of carbonyl (C=O) groups excluding carboxylic acids is 3. The van der Waals surface area contributed by atoms with Gasteiger partial charge in [0.25, 0.3) is 11.8 Å². The first-order valence-corrected chi connectivity index (χ1v) is 7.64. The summed E-state index contributed by atoms with van der Waals surface area (Å²) >= 11 is 11.6. The lowest BCUT2D eigenvalue weighted by molar-refractivity contribution is -0.123. The van der Waals surface area contributed by atoms with Gasteiger partial charge in [0.05, 0.1) is 5.02 Å². The summed E-state index contributed by atoms with van der Waals surface area (Å²) in [5, 5.41) is 7.85. The van der Waals surface area contributed by atoms with Gasteiger partial charge in [-0.15, -0.1) is 0 Å². The Balaban J connectivity index is 1.85. The highest BCUT2D eigenvalue weighted by molar-refractivity contribution is 6.41. The monoisotopic (exact) mass is 366 g/mol. The molecule has 2 aromatic rings. The second-order valence-corrected chi connectivity index (χ2v) is 6.20. The number of anilines is 1. The van der Waals surface area contributed by atoms with Gasteiger partial charge in [0, 0.05) is 5.69 Å². The van der Waals surface area contributed by atoms with Gasteiger partial charge in [-0.05, 0) is 30.7 Å². The van der Waals surface area contributed by atoms with Crippen LogP contribution in [0.3, 0.4) is 0 Å². The van der Waals surface area contributed by atoms with E-state index in [2.05, 4.69) is 20.9 Å². The molecule has 0 saturated carbocycles. The Labute approximate surface area is 146 Å². The maximum absolute atomic E-state index is 12.2. The van der Waals surface area contributed by atoms with Crippen LogP contribution >= 0.6 is 23.2 Å². The Bertz CT molecular complexity index is 845. The summed E-state index contributed by atoms with van der Waals surface area (Å²) in [6.07, 6.45) is 0. The summed E-state index contributed by atoms with van der Waals surface area (Å²) in [6.45, 7) is 1.58. The number of aromatic amines is 1. The molecule has 0 spiro atoms. The zero-order chi connectivity index (χ0) is 17.5. The average molecular weight is 367 g/mol. The standard InChI is InChI=1S/C15H12Cl2N4O3/c1-15(13(23)20-14(24)21-15)7-3-2-4-8(5-7)18-12(22)10-6-9(16)11(17)19-10/h2-6,19H,1H3,(H,18,22)(H2,20,21,23,24). The number of H-pyrrole nitrogens is 1. The highest BCUT2D eigenvalue weighted by Gasteiger charge is 2.43. The van der Waals surface area contributed by atoms with Gasteiger partial charge < -0.3 is 15.6 Å². The quantitative estimate of drug-likeness (QED) is 0.627. The van der Waals surface area contributed by atoms with E-state index >= 15 is 0 Å². The minimum atomic E-state index is -1.20. The zero-order valence-corrected chi connectivity index (χ0v) is 13.9. The molecule has 2 heterocycles.